The van der Waals surface area contributed by atoms with Crippen LogP contribution < -0.4 is 15.2 Å². The summed E-state index contributed by atoms with van der Waals surface area (Å²) >= 11 is 0. The van der Waals surface area contributed by atoms with E-state index in [2.05, 4.69) is 18.2 Å². The highest BCUT2D eigenvalue weighted by atomic mass is 16.5. The van der Waals surface area contributed by atoms with Gasteiger partial charge in [0.2, 0.25) is 5.88 Å². The van der Waals surface area contributed by atoms with E-state index in [1.165, 1.54) is 12.0 Å². The highest BCUT2D eigenvalue weighted by Gasteiger charge is 2.25. The minimum absolute atomic E-state index is 0.414. The highest BCUT2D eigenvalue weighted by molar-refractivity contribution is 5.90. The van der Waals surface area contributed by atoms with Crippen LogP contribution in [0.3, 0.4) is 0 Å². The Morgan fingerprint density at radius 2 is 1.66 bits per heavy atom. The lowest BCUT2D eigenvalue weighted by Crippen LogP contribution is -2.05. The monoisotopic (exact) mass is 426 g/mol. The van der Waals surface area contributed by atoms with Gasteiger partial charge in [0.1, 0.15) is 17.3 Å². The molecule has 0 spiro atoms. The summed E-state index contributed by atoms with van der Waals surface area (Å²) in [5.74, 6) is 1.76. The number of nitrogens with two attached hydrogens (primary N) is 1. The van der Waals surface area contributed by atoms with Gasteiger partial charge < -0.3 is 15.2 Å². The van der Waals surface area contributed by atoms with E-state index < -0.39 is 0 Å². The number of benzene rings is 2. The summed E-state index contributed by atoms with van der Waals surface area (Å²) < 4.78 is 13.0. The van der Waals surface area contributed by atoms with E-state index in [9.17, 15) is 0 Å². The van der Waals surface area contributed by atoms with E-state index in [0.717, 1.165) is 53.0 Å². The number of hydrogen-bond acceptors (Lipinski definition) is 5. The molecule has 6 heteroatoms. The predicted molar refractivity (Wildman–Crippen MR) is 128 cm³/mol. The van der Waals surface area contributed by atoms with Crippen molar-refractivity contribution < 1.29 is 9.47 Å². The second kappa shape index (κ2) is 8.38. The second-order valence-electron chi connectivity index (χ2n) is 7.91. The van der Waals surface area contributed by atoms with Crippen molar-refractivity contribution in [3.8, 4) is 34.0 Å². The van der Waals surface area contributed by atoms with Gasteiger partial charge >= 0.3 is 0 Å². The van der Waals surface area contributed by atoms with Crippen LogP contribution >= 0.6 is 0 Å². The molecule has 1 aliphatic rings. The molecule has 2 aromatic heterocycles. The van der Waals surface area contributed by atoms with Crippen LogP contribution in [0.4, 0.5) is 5.82 Å². The van der Waals surface area contributed by atoms with Crippen molar-refractivity contribution in [3.63, 3.8) is 0 Å². The normalized spacial score (nSPS) is 13.8. The Hall–Kier alpha value is -3.80. The Labute approximate surface area is 187 Å². The van der Waals surface area contributed by atoms with Gasteiger partial charge in [0.25, 0.3) is 0 Å². The molecular weight excluding hydrogens is 400 g/mol. The quantitative estimate of drug-likeness (QED) is 0.448. The average molecular weight is 427 g/mol. The molecule has 0 amide bonds. The molecule has 2 heterocycles. The number of nitrogens with zero attached hydrogens (tertiary/aromatic N) is 3. The summed E-state index contributed by atoms with van der Waals surface area (Å²) in [5, 5.41) is 5.00. The van der Waals surface area contributed by atoms with Crippen LogP contribution in [0, 0.1) is 0 Å². The highest BCUT2D eigenvalue weighted by Crippen LogP contribution is 2.41. The Morgan fingerprint density at radius 3 is 2.31 bits per heavy atom. The van der Waals surface area contributed by atoms with Crippen molar-refractivity contribution in [2.24, 2.45) is 0 Å². The second-order valence-corrected chi connectivity index (χ2v) is 7.91. The summed E-state index contributed by atoms with van der Waals surface area (Å²) in [5.41, 5.74) is 13.1. The zero-order valence-corrected chi connectivity index (χ0v) is 18.3. The molecule has 32 heavy (non-hydrogen) atoms. The van der Waals surface area contributed by atoms with Crippen molar-refractivity contribution in [2.75, 3.05) is 20.0 Å². The zero-order chi connectivity index (χ0) is 22.1. The molecule has 0 radical (unpaired) electrons. The van der Waals surface area contributed by atoms with Crippen LogP contribution in [0.5, 0.6) is 11.6 Å². The van der Waals surface area contributed by atoms with Crippen LogP contribution in [-0.4, -0.2) is 28.8 Å². The smallest absolute Gasteiger partial charge is 0.228 e. The molecule has 0 unspecified atom stereocenters. The summed E-state index contributed by atoms with van der Waals surface area (Å²) in [6.07, 6.45) is 6.76. The van der Waals surface area contributed by atoms with Gasteiger partial charge in [-0.15, -0.1) is 0 Å². The summed E-state index contributed by atoms with van der Waals surface area (Å²) in [4.78, 5) is 4.85. The van der Waals surface area contributed by atoms with Gasteiger partial charge in [-0.05, 0) is 49.0 Å². The first-order valence-corrected chi connectivity index (χ1v) is 10.9. The molecule has 162 valence electrons. The van der Waals surface area contributed by atoms with Crippen LogP contribution in [0.2, 0.25) is 0 Å². The first-order chi connectivity index (χ1) is 15.7. The summed E-state index contributed by atoms with van der Waals surface area (Å²) in [6, 6.07) is 17.9. The van der Waals surface area contributed by atoms with E-state index in [1.54, 1.807) is 18.7 Å². The third kappa shape index (κ3) is 3.38. The minimum atomic E-state index is 0.414. The number of ether oxygens (including phenoxy) is 2. The van der Waals surface area contributed by atoms with Crippen molar-refractivity contribution in [1.82, 2.24) is 14.6 Å². The molecule has 0 aliphatic heterocycles. The zero-order valence-electron chi connectivity index (χ0n) is 18.3. The molecule has 4 aromatic rings. The van der Waals surface area contributed by atoms with Gasteiger partial charge in [0, 0.05) is 5.56 Å². The van der Waals surface area contributed by atoms with Crippen LogP contribution in [0.15, 0.2) is 60.7 Å². The predicted octanol–water partition coefficient (Wildman–Crippen LogP) is 5.62. The number of fused-ring (bicyclic) bond motifs is 1. The van der Waals surface area contributed by atoms with Crippen LogP contribution in [0.25, 0.3) is 33.6 Å². The maximum absolute atomic E-state index is 6.53. The molecule has 0 saturated carbocycles. The number of methoxy groups -OCH3 is 2. The van der Waals surface area contributed by atoms with Gasteiger partial charge in [0.15, 0.2) is 5.65 Å². The molecular formula is C26H26N4O2. The average Bonchev–Trinajstić information content (AvgIpc) is 3.23. The number of allylic oxidation sites excluding steroid dienone is 2. The van der Waals surface area contributed by atoms with Gasteiger partial charge in [0.05, 0.1) is 25.3 Å². The molecule has 6 nitrogen and oxygen atoms in total. The van der Waals surface area contributed by atoms with E-state index >= 15 is 0 Å². The third-order valence-corrected chi connectivity index (χ3v) is 5.98. The topological polar surface area (TPSA) is 74.7 Å². The third-order valence-electron chi connectivity index (χ3n) is 5.98. The Bertz CT molecular complexity index is 1290. The fourth-order valence-corrected chi connectivity index (χ4v) is 4.42. The van der Waals surface area contributed by atoms with Gasteiger partial charge in [-0.3, -0.25) is 0 Å². The fraction of sp³-hybridized carbons (Fsp3) is 0.231. The molecule has 2 N–H and O–H groups in total. The maximum atomic E-state index is 6.53. The Balaban J connectivity index is 1.80. The minimum Gasteiger partial charge on any atom is -0.497 e. The van der Waals surface area contributed by atoms with Crippen molar-refractivity contribution in [2.45, 2.75) is 25.7 Å². The van der Waals surface area contributed by atoms with Gasteiger partial charge in [-0.2, -0.15) is 9.61 Å². The molecule has 0 saturated heterocycles. The lowest BCUT2D eigenvalue weighted by Gasteiger charge is -2.15. The molecule has 5 rings (SSSR count). The number of anilines is 1. The van der Waals surface area contributed by atoms with Crippen LogP contribution in [0.1, 0.15) is 31.2 Å². The van der Waals surface area contributed by atoms with Gasteiger partial charge in [-0.1, -0.05) is 48.5 Å². The summed E-state index contributed by atoms with van der Waals surface area (Å²) in [7, 11) is 3.29. The van der Waals surface area contributed by atoms with E-state index in [1.807, 2.05) is 42.5 Å². The molecule has 0 fully saturated rings. The first-order valence-electron chi connectivity index (χ1n) is 10.9. The molecule has 2 aromatic carbocycles. The van der Waals surface area contributed by atoms with Crippen molar-refractivity contribution in [3.05, 3.63) is 66.2 Å². The molecule has 0 bridgehead atoms. The SMILES string of the molecule is COc1ccc(-c2c(N)nc3c(C4=CCCCC4)c(-c4ccccc4)nn3c2OC)cc1. The van der Waals surface area contributed by atoms with Crippen molar-refractivity contribution in [1.29, 1.82) is 0 Å². The maximum Gasteiger partial charge on any atom is 0.228 e. The van der Waals surface area contributed by atoms with Crippen molar-refractivity contribution >= 4 is 17.0 Å². The number of aromatic nitrogens is 3. The van der Waals surface area contributed by atoms with E-state index in [4.69, 9.17) is 25.3 Å². The largest absolute Gasteiger partial charge is 0.497 e. The Morgan fingerprint density at radius 1 is 0.875 bits per heavy atom. The molecule has 1 aliphatic carbocycles. The van der Waals surface area contributed by atoms with E-state index in [0.29, 0.717) is 17.3 Å². The number of hydrogen-bond donors (Lipinski definition) is 1. The summed E-state index contributed by atoms with van der Waals surface area (Å²) in [6.45, 7) is 0. The van der Waals surface area contributed by atoms with Crippen LogP contribution in [-0.2, 0) is 0 Å². The van der Waals surface area contributed by atoms with E-state index in [-0.39, 0.29) is 0 Å². The lowest BCUT2D eigenvalue weighted by molar-refractivity contribution is 0.387. The fourth-order valence-electron chi connectivity index (χ4n) is 4.42. The van der Waals surface area contributed by atoms with Gasteiger partial charge in [-0.25, -0.2) is 4.98 Å². The molecule has 0 atom stereocenters. The number of nitrogen functional groups attached to an aromatic ring is 1. The first kappa shape index (κ1) is 20.1. The standard InChI is InChI=1S/C26H26N4O2/c1-31-20-15-13-18(14-16-20)22-24(27)28-25-21(17-9-5-3-6-10-17)23(19-11-7-4-8-12-19)29-30(25)26(22)32-2/h4,7-9,11-16H,3,5-6,10H2,1-2H3,(H2,27,28). The Kier molecular flexibility index (Phi) is 5.27. The number of rotatable bonds is 5. The lowest BCUT2D eigenvalue weighted by atomic mass is 9.92.